The number of hydrogen-bond donors (Lipinski definition) is 1. The fraction of sp³-hybridized carbons (Fsp3) is 0.375. The minimum absolute atomic E-state index is 0.250. The van der Waals surface area contributed by atoms with Crippen LogP contribution in [-0.4, -0.2) is 62.2 Å². The monoisotopic (exact) mass is 358 g/mol. The van der Waals surface area contributed by atoms with Crippen molar-refractivity contribution in [1.29, 1.82) is 0 Å². The lowest BCUT2D eigenvalue weighted by Gasteiger charge is -2.21. The third-order valence-corrected chi connectivity index (χ3v) is 3.99. The molecule has 0 radical (unpaired) electrons. The molecule has 0 saturated carbocycles. The summed E-state index contributed by atoms with van der Waals surface area (Å²) in [6.07, 6.45) is 0.520. The van der Waals surface area contributed by atoms with Gasteiger partial charge in [-0.1, -0.05) is 30.3 Å². The average molecular weight is 358 g/mol. The number of carbonyl (C=O) groups excluding carboxylic acids is 3. The van der Waals surface area contributed by atoms with Gasteiger partial charge in [0.2, 0.25) is 0 Å². The molecule has 1 fully saturated rings. The van der Waals surface area contributed by atoms with Crippen molar-refractivity contribution in [3.05, 3.63) is 42.2 Å². The minimum Gasteiger partial charge on any atom is -0.451 e. The van der Waals surface area contributed by atoms with E-state index < -0.39 is 30.1 Å². The molecule has 0 spiro atoms. The maximum Gasteiger partial charge on any atom is 0.332 e. The molecule has 1 aliphatic rings. The third-order valence-electron chi connectivity index (χ3n) is 3.99. The first kappa shape index (κ1) is 17.5. The normalized spacial score (nSPS) is 16.0. The highest BCUT2D eigenvalue weighted by molar-refractivity contribution is 5.98. The van der Waals surface area contributed by atoms with E-state index in [-0.39, 0.29) is 6.54 Å². The number of esters is 1. The SMILES string of the molecule is C[C@H](OC(=O)[C@H](Cc1ccccc1)n1cnnn1)C(=O)N1CCNC1=O. The summed E-state index contributed by atoms with van der Waals surface area (Å²) in [5, 5.41) is 13.4. The van der Waals surface area contributed by atoms with Crippen molar-refractivity contribution in [2.24, 2.45) is 0 Å². The Hall–Kier alpha value is -3.30. The van der Waals surface area contributed by atoms with Crippen molar-refractivity contribution in [1.82, 2.24) is 30.4 Å². The number of rotatable bonds is 6. The zero-order chi connectivity index (χ0) is 18.5. The molecule has 2 aromatic rings. The number of nitrogens with one attached hydrogen (secondary N) is 1. The van der Waals surface area contributed by atoms with Crippen molar-refractivity contribution in [2.45, 2.75) is 25.5 Å². The quantitative estimate of drug-likeness (QED) is 0.718. The van der Waals surface area contributed by atoms with E-state index in [9.17, 15) is 14.4 Å². The van der Waals surface area contributed by atoms with Gasteiger partial charge in [0.05, 0.1) is 0 Å². The second kappa shape index (κ2) is 7.72. The predicted molar refractivity (Wildman–Crippen MR) is 87.7 cm³/mol. The molecule has 1 saturated heterocycles. The van der Waals surface area contributed by atoms with Gasteiger partial charge < -0.3 is 10.1 Å². The van der Waals surface area contributed by atoms with Gasteiger partial charge in [-0.2, -0.15) is 0 Å². The summed E-state index contributed by atoms with van der Waals surface area (Å²) >= 11 is 0. The van der Waals surface area contributed by atoms with Crippen LogP contribution in [0.2, 0.25) is 0 Å². The number of amides is 3. The van der Waals surface area contributed by atoms with Crippen LogP contribution >= 0.6 is 0 Å². The number of urea groups is 1. The molecule has 26 heavy (non-hydrogen) atoms. The Morgan fingerprint density at radius 2 is 2.08 bits per heavy atom. The van der Waals surface area contributed by atoms with Crippen molar-refractivity contribution in [2.75, 3.05) is 13.1 Å². The Morgan fingerprint density at radius 3 is 2.69 bits per heavy atom. The Morgan fingerprint density at radius 1 is 1.31 bits per heavy atom. The van der Waals surface area contributed by atoms with Crippen LogP contribution in [0, 0.1) is 0 Å². The summed E-state index contributed by atoms with van der Waals surface area (Å²) in [4.78, 5) is 37.6. The number of benzene rings is 1. The van der Waals surface area contributed by atoms with E-state index in [1.165, 1.54) is 17.9 Å². The van der Waals surface area contributed by atoms with Gasteiger partial charge in [0.25, 0.3) is 5.91 Å². The molecular formula is C16H18N6O4. The molecule has 2 heterocycles. The number of carbonyl (C=O) groups is 3. The van der Waals surface area contributed by atoms with Crippen molar-refractivity contribution >= 4 is 17.9 Å². The average Bonchev–Trinajstić information content (AvgIpc) is 3.31. The molecule has 3 amide bonds. The smallest absolute Gasteiger partial charge is 0.332 e. The first-order chi connectivity index (χ1) is 12.6. The van der Waals surface area contributed by atoms with Crippen LogP contribution in [0.3, 0.4) is 0 Å². The van der Waals surface area contributed by atoms with Gasteiger partial charge in [-0.25, -0.2) is 14.3 Å². The number of nitrogens with zero attached hydrogens (tertiary/aromatic N) is 5. The molecule has 10 heteroatoms. The molecule has 1 aromatic carbocycles. The van der Waals surface area contributed by atoms with Crippen LogP contribution in [0.15, 0.2) is 36.7 Å². The van der Waals surface area contributed by atoms with E-state index in [0.717, 1.165) is 10.5 Å². The summed E-state index contributed by atoms with van der Waals surface area (Å²) < 4.78 is 6.59. The molecule has 1 aliphatic heterocycles. The Labute approximate surface area is 149 Å². The molecule has 2 atom stereocenters. The lowest BCUT2D eigenvalue weighted by atomic mass is 10.1. The highest BCUT2D eigenvalue weighted by Crippen LogP contribution is 2.16. The molecule has 1 N–H and O–H groups in total. The number of ether oxygens (including phenoxy) is 1. The fourth-order valence-electron chi connectivity index (χ4n) is 2.64. The van der Waals surface area contributed by atoms with Crippen LogP contribution in [-0.2, 0) is 20.7 Å². The van der Waals surface area contributed by atoms with Gasteiger partial charge in [-0.05, 0) is 22.9 Å². The summed E-state index contributed by atoms with van der Waals surface area (Å²) in [5.41, 5.74) is 0.892. The standard InChI is InChI=1S/C16H18N6O4/c1-11(14(23)21-8-7-17-16(21)25)26-15(24)13(22-10-18-19-20-22)9-12-5-3-2-4-6-12/h2-6,10-11,13H,7-9H2,1H3,(H,17,25)/t11-,13-/m0/s1. The van der Waals surface area contributed by atoms with E-state index in [1.807, 2.05) is 30.3 Å². The highest BCUT2D eigenvalue weighted by Gasteiger charge is 2.33. The topological polar surface area (TPSA) is 119 Å². The molecular weight excluding hydrogens is 340 g/mol. The Bertz CT molecular complexity index is 779. The van der Waals surface area contributed by atoms with Crippen molar-refractivity contribution < 1.29 is 19.1 Å². The molecule has 0 unspecified atom stereocenters. The lowest BCUT2D eigenvalue weighted by Crippen LogP contribution is -2.42. The maximum absolute atomic E-state index is 12.6. The van der Waals surface area contributed by atoms with E-state index in [1.54, 1.807) is 0 Å². The highest BCUT2D eigenvalue weighted by atomic mass is 16.5. The van der Waals surface area contributed by atoms with Crippen LogP contribution in [0.1, 0.15) is 18.5 Å². The lowest BCUT2D eigenvalue weighted by molar-refractivity contribution is -0.160. The third kappa shape index (κ3) is 3.85. The molecule has 0 bridgehead atoms. The number of hydrogen-bond acceptors (Lipinski definition) is 7. The number of aromatic nitrogens is 4. The predicted octanol–water partition coefficient (Wildman–Crippen LogP) is -0.0596. The van der Waals surface area contributed by atoms with Crippen molar-refractivity contribution in [3.63, 3.8) is 0 Å². The molecule has 136 valence electrons. The zero-order valence-electron chi connectivity index (χ0n) is 14.1. The summed E-state index contributed by atoms with van der Waals surface area (Å²) in [7, 11) is 0. The summed E-state index contributed by atoms with van der Waals surface area (Å²) in [6.45, 7) is 2.07. The molecule has 0 aliphatic carbocycles. The van der Waals surface area contributed by atoms with Crippen LogP contribution in [0.4, 0.5) is 4.79 Å². The molecule has 10 nitrogen and oxygen atoms in total. The Kier molecular flexibility index (Phi) is 5.20. The maximum atomic E-state index is 12.6. The van der Waals surface area contributed by atoms with Crippen LogP contribution in [0.25, 0.3) is 0 Å². The summed E-state index contributed by atoms with van der Waals surface area (Å²) in [6, 6.07) is 8.01. The van der Waals surface area contributed by atoms with Gasteiger partial charge in [0.1, 0.15) is 6.33 Å². The first-order valence-corrected chi connectivity index (χ1v) is 8.12. The largest absolute Gasteiger partial charge is 0.451 e. The van der Waals surface area contributed by atoms with Gasteiger partial charge in [-0.15, -0.1) is 5.10 Å². The summed E-state index contributed by atoms with van der Waals surface area (Å²) in [5.74, 6) is -1.22. The van der Waals surface area contributed by atoms with Gasteiger partial charge >= 0.3 is 12.0 Å². The van der Waals surface area contributed by atoms with Crippen LogP contribution < -0.4 is 5.32 Å². The van der Waals surface area contributed by atoms with Gasteiger partial charge in [-0.3, -0.25) is 9.69 Å². The minimum atomic E-state index is -1.10. The molecule has 3 rings (SSSR count). The Balaban J connectivity index is 1.71. The fourth-order valence-corrected chi connectivity index (χ4v) is 2.64. The van der Waals surface area contributed by atoms with Crippen LogP contribution in [0.5, 0.6) is 0 Å². The number of imide groups is 1. The van der Waals surface area contributed by atoms with Gasteiger partial charge in [0, 0.05) is 19.5 Å². The van der Waals surface area contributed by atoms with E-state index in [2.05, 4.69) is 20.8 Å². The zero-order valence-corrected chi connectivity index (χ0v) is 14.1. The second-order valence-corrected chi connectivity index (χ2v) is 5.80. The second-order valence-electron chi connectivity index (χ2n) is 5.80. The van der Waals surface area contributed by atoms with E-state index in [4.69, 9.17) is 4.74 Å². The van der Waals surface area contributed by atoms with E-state index in [0.29, 0.717) is 13.0 Å². The van der Waals surface area contributed by atoms with Crippen molar-refractivity contribution in [3.8, 4) is 0 Å². The number of tetrazole rings is 1. The van der Waals surface area contributed by atoms with Gasteiger partial charge in [0.15, 0.2) is 12.1 Å². The van der Waals surface area contributed by atoms with E-state index >= 15 is 0 Å². The first-order valence-electron chi connectivity index (χ1n) is 8.12. The molecule has 1 aromatic heterocycles.